The van der Waals surface area contributed by atoms with E-state index >= 15 is 0 Å². The fourth-order valence-corrected chi connectivity index (χ4v) is 8.52. The number of aromatic nitrogens is 6. The maximum atomic E-state index is 13.9. The van der Waals surface area contributed by atoms with Crippen molar-refractivity contribution < 1.29 is 27.8 Å². The summed E-state index contributed by atoms with van der Waals surface area (Å²) in [6.45, 7) is 21.4. The van der Waals surface area contributed by atoms with Gasteiger partial charge in [0.2, 0.25) is 0 Å². The Labute approximate surface area is 322 Å². The predicted molar refractivity (Wildman–Crippen MR) is 205 cm³/mol. The zero-order valence-electron chi connectivity index (χ0n) is 32.7. The number of piperazine rings is 1. The average molecular weight is 783 g/mol. The third kappa shape index (κ3) is 7.75. The maximum absolute atomic E-state index is 13.9. The molecule has 0 radical (unpaired) electrons. The lowest BCUT2D eigenvalue weighted by molar-refractivity contribution is -0.113. The quantitative estimate of drug-likeness (QED) is 0.161. The maximum Gasteiger partial charge on any atom is 0.411 e. The number of fused-ring (bicyclic) bond motifs is 3. The van der Waals surface area contributed by atoms with Crippen LogP contribution in [0.5, 0.6) is 5.75 Å². The van der Waals surface area contributed by atoms with Crippen LogP contribution < -0.4 is 4.74 Å². The van der Waals surface area contributed by atoms with E-state index in [0.29, 0.717) is 46.9 Å². The molecule has 1 amide bonds. The Morgan fingerprint density at radius 2 is 1.76 bits per heavy atom. The summed E-state index contributed by atoms with van der Waals surface area (Å²) in [5.41, 5.74) is 2.99. The molecule has 3 atom stereocenters. The monoisotopic (exact) mass is 782 g/mol. The van der Waals surface area contributed by atoms with Crippen LogP contribution in [-0.4, -0.2) is 110 Å². The molecular weight excluding hydrogens is 731 g/mol. The van der Waals surface area contributed by atoms with Crippen molar-refractivity contribution in [2.24, 2.45) is 0 Å². The topological polar surface area (TPSA) is 121 Å². The second kappa shape index (κ2) is 14.5. The van der Waals surface area contributed by atoms with Crippen molar-refractivity contribution in [1.29, 1.82) is 0 Å². The van der Waals surface area contributed by atoms with Gasteiger partial charge in [-0.2, -0.15) is 5.10 Å². The van der Waals surface area contributed by atoms with Crippen LogP contribution in [-0.2, 0) is 13.9 Å². The van der Waals surface area contributed by atoms with E-state index < -0.39 is 25.8 Å². The molecule has 2 aliphatic heterocycles. The zero-order valence-corrected chi connectivity index (χ0v) is 34.4. The largest absolute Gasteiger partial charge is 0.479 e. The Morgan fingerprint density at radius 1 is 1.06 bits per heavy atom. The van der Waals surface area contributed by atoms with Gasteiger partial charge in [-0.1, -0.05) is 37.6 Å². The van der Waals surface area contributed by atoms with E-state index in [9.17, 15) is 9.18 Å². The fourth-order valence-electron chi connectivity index (χ4n) is 7.30. The van der Waals surface area contributed by atoms with Crippen LogP contribution in [0, 0.1) is 12.7 Å². The first-order valence-electron chi connectivity index (χ1n) is 18.7. The van der Waals surface area contributed by atoms with Crippen molar-refractivity contribution in [2.45, 2.75) is 115 Å². The number of morpholine rings is 1. The summed E-state index contributed by atoms with van der Waals surface area (Å²) in [6, 6.07) is 5.39. The van der Waals surface area contributed by atoms with Gasteiger partial charge in [-0.15, -0.1) is 5.10 Å². The van der Waals surface area contributed by atoms with Crippen LogP contribution in [0.25, 0.3) is 16.8 Å². The van der Waals surface area contributed by atoms with Crippen molar-refractivity contribution in [1.82, 2.24) is 39.4 Å². The summed E-state index contributed by atoms with van der Waals surface area (Å²) in [7, 11) is -2.17. The van der Waals surface area contributed by atoms with E-state index in [1.807, 2.05) is 49.5 Å². The normalized spacial score (nSPS) is 23.0. The highest BCUT2D eigenvalue weighted by Crippen LogP contribution is 2.42. The number of carbonyl (C=O) groups is 1. The van der Waals surface area contributed by atoms with Gasteiger partial charge < -0.3 is 18.6 Å². The Balaban J connectivity index is 1.09. The lowest BCUT2D eigenvalue weighted by Crippen LogP contribution is -2.68. The van der Waals surface area contributed by atoms with Crippen molar-refractivity contribution in [3.8, 4) is 17.0 Å². The highest BCUT2D eigenvalue weighted by atomic mass is 35.5. The lowest BCUT2D eigenvalue weighted by atomic mass is 9.84. The molecule has 7 rings (SSSR count). The Kier molecular flexibility index (Phi) is 10.3. The molecule has 1 saturated carbocycles. The van der Waals surface area contributed by atoms with E-state index in [1.165, 1.54) is 12.3 Å². The first-order valence-corrected chi connectivity index (χ1v) is 22.0. The first kappa shape index (κ1) is 38.6. The third-order valence-corrected chi connectivity index (χ3v) is 16.1. The SMILES string of the molecule is Cc1c(-c2cc(OC(CO[Si](C)(C)C(C)(C)C)c3ccc(F)cn3)c3c(Cl)cnn3c2)nnn1C1CC(N2CC3COCC(C2)N3C(=O)OC(C)(C)C)C1. The van der Waals surface area contributed by atoms with Crippen molar-refractivity contribution in [3.63, 3.8) is 0 Å². The number of amides is 1. The summed E-state index contributed by atoms with van der Waals surface area (Å²) in [5, 5.41) is 14.2. The lowest BCUT2D eigenvalue weighted by Gasteiger charge is -2.53. The molecule has 4 aromatic rings. The van der Waals surface area contributed by atoms with Crippen molar-refractivity contribution in [2.75, 3.05) is 32.9 Å². The molecule has 4 aromatic heterocycles. The Bertz CT molecular complexity index is 1970. The van der Waals surface area contributed by atoms with E-state index in [-0.39, 0.29) is 35.9 Å². The summed E-state index contributed by atoms with van der Waals surface area (Å²) in [4.78, 5) is 21.8. The molecule has 3 aliphatic rings. The average Bonchev–Trinajstić information content (AvgIpc) is 3.62. The van der Waals surface area contributed by atoms with Gasteiger partial charge in [-0.05, 0) is 76.9 Å². The van der Waals surface area contributed by atoms with Gasteiger partial charge in [0.15, 0.2) is 14.4 Å². The van der Waals surface area contributed by atoms with Gasteiger partial charge in [0.25, 0.3) is 0 Å². The number of hydrogen-bond acceptors (Lipinski definition) is 10. The van der Waals surface area contributed by atoms with Gasteiger partial charge in [0.05, 0.1) is 66.8 Å². The number of rotatable bonds is 9. The van der Waals surface area contributed by atoms with Gasteiger partial charge in [-0.25, -0.2) is 18.4 Å². The first-order chi connectivity index (χ1) is 25.4. The summed E-state index contributed by atoms with van der Waals surface area (Å²) in [5.74, 6) is 0.0444. The van der Waals surface area contributed by atoms with Crippen LogP contribution in [0.1, 0.15) is 77.9 Å². The minimum absolute atomic E-state index is 0.0236. The molecule has 1 aliphatic carbocycles. The number of halogens is 2. The molecular formula is C38H52ClFN8O5Si. The van der Waals surface area contributed by atoms with Gasteiger partial charge in [-0.3, -0.25) is 14.8 Å². The van der Waals surface area contributed by atoms with Crippen molar-refractivity contribution in [3.05, 3.63) is 59.0 Å². The Morgan fingerprint density at radius 3 is 2.39 bits per heavy atom. The Hall–Kier alpha value is -3.63. The van der Waals surface area contributed by atoms with Crippen LogP contribution in [0.3, 0.4) is 0 Å². The highest BCUT2D eigenvalue weighted by molar-refractivity contribution is 6.74. The summed E-state index contributed by atoms with van der Waals surface area (Å²) < 4.78 is 42.6. The van der Waals surface area contributed by atoms with Gasteiger partial charge in [0.1, 0.15) is 28.4 Å². The molecule has 13 nitrogen and oxygen atoms in total. The number of nitrogens with zero attached hydrogens (tertiary/aromatic N) is 8. The molecule has 292 valence electrons. The molecule has 3 unspecified atom stereocenters. The smallest absolute Gasteiger partial charge is 0.411 e. The van der Waals surface area contributed by atoms with Crippen LogP contribution in [0.15, 0.2) is 36.8 Å². The van der Waals surface area contributed by atoms with E-state index in [0.717, 1.165) is 37.2 Å². The second-order valence-corrected chi connectivity index (χ2v) is 22.6. The molecule has 16 heteroatoms. The number of pyridine rings is 2. The number of hydrogen-bond donors (Lipinski definition) is 0. The molecule has 54 heavy (non-hydrogen) atoms. The summed E-state index contributed by atoms with van der Waals surface area (Å²) in [6.07, 6.45) is 5.59. The molecule has 2 bridgehead atoms. The fraction of sp³-hybridized carbons (Fsp3) is 0.605. The standard InChI is InChI=1S/C38H52ClFN8O5Si/c1-23-34(43-44-48(23)27-13-26(14-27)45-18-28-20-50-21-29(19-45)47(28)36(49)53-37(2,3)4)24-12-32(35-30(39)16-42-46(35)17-24)52-33(31-11-10-25(40)15-41-31)22-51-54(8,9)38(5,6)7/h10-12,15-17,26-29,33H,13-14,18-22H2,1-9H3. The van der Waals surface area contributed by atoms with Crippen LogP contribution >= 0.6 is 11.6 Å². The van der Waals surface area contributed by atoms with Crippen LogP contribution in [0.2, 0.25) is 23.2 Å². The molecule has 2 saturated heterocycles. The van der Waals surface area contributed by atoms with E-state index in [1.54, 1.807) is 16.8 Å². The van der Waals surface area contributed by atoms with Crippen molar-refractivity contribution >= 4 is 31.5 Å². The van der Waals surface area contributed by atoms with Gasteiger partial charge >= 0.3 is 6.09 Å². The molecule has 0 N–H and O–H groups in total. The molecule has 6 heterocycles. The molecule has 3 fully saturated rings. The minimum Gasteiger partial charge on any atom is -0.479 e. The van der Waals surface area contributed by atoms with Gasteiger partial charge in [0, 0.05) is 30.9 Å². The minimum atomic E-state index is -2.17. The predicted octanol–water partition coefficient (Wildman–Crippen LogP) is 7.25. The van der Waals surface area contributed by atoms with Crippen LogP contribution in [0.4, 0.5) is 9.18 Å². The second-order valence-electron chi connectivity index (χ2n) is 17.4. The van der Waals surface area contributed by atoms with E-state index in [4.69, 9.17) is 30.2 Å². The number of ether oxygens (including phenoxy) is 3. The summed E-state index contributed by atoms with van der Waals surface area (Å²) >= 11 is 6.68. The number of carbonyl (C=O) groups excluding carboxylic acids is 1. The molecule has 0 aromatic carbocycles. The third-order valence-electron chi connectivity index (χ3n) is 11.3. The van der Waals surface area contributed by atoms with E-state index in [2.05, 4.69) is 59.2 Å². The molecule has 0 spiro atoms. The zero-order chi connectivity index (χ0) is 38.7. The highest BCUT2D eigenvalue weighted by Gasteiger charge is 2.47.